The molecule has 1 aliphatic heterocycles. The van der Waals surface area contributed by atoms with Gasteiger partial charge in [0, 0.05) is 19.0 Å². The van der Waals surface area contributed by atoms with E-state index in [4.69, 9.17) is 29.0 Å². The molecule has 0 amide bonds. The number of aliphatic hydroxyl groups excluding tert-OH is 3. The van der Waals surface area contributed by atoms with Crippen molar-refractivity contribution in [3.8, 4) is 0 Å². The number of phosphoric ester groups is 2. The molecule has 19 nitrogen and oxygen atoms in total. The summed E-state index contributed by atoms with van der Waals surface area (Å²) in [5.41, 5.74) is 4.57. The Morgan fingerprint density at radius 2 is 1.45 bits per heavy atom. The first-order valence-corrected chi connectivity index (χ1v) is 27.6. The predicted octanol–water partition coefficient (Wildman–Crippen LogP) is 8.60. The number of rotatable bonds is 39. The van der Waals surface area contributed by atoms with Crippen molar-refractivity contribution in [2.24, 2.45) is 5.92 Å². The summed E-state index contributed by atoms with van der Waals surface area (Å²) in [6.45, 7) is 4.25. The second-order valence-electron chi connectivity index (χ2n) is 17.6. The molecule has 0 spiro atoms. The van der Waals surface area contributed by atoms with Gasteiger partial charge in [0.15, 0.2) is 12.3 Å². The van der Waals surface area contributed by atoms with Crippen molar-refractivity contribution < 1.29 is 71.4 Å². The monoisotopic (exact) mass is 1020 g/mol. The van der Waals surface area contributed by atoms with Crippen molar-refractivity contribution in [2.45, 2.75) is 192 Å². The highest BCUT2D eigenvalue weighted by atomic mass is 31.3. The van der Waals surface area contributed by atoms with Crippen LogP contribution in [-0.2, 0) is 46.3 Å². The molecular formula is C48H81N3O16P2. The maximum atomic E-state index is 12.8. The van der Waals surface area contributed by atoms with Gasteiger partial charge in [-0.2, -0.15) is 9.29 Å². The number of aliphatic hydroxyl groups is 3. The van der Waals surface area contributed by atoms with Crippen LogP contribution < -0.4 is 11.4 Å². The van der Waals surface area contributed by atoms with E-state index in [0.717, 1.165) is 55.2 Å². The van der Waals surface area contributed by atoms with E-state index in [2.05, 4.69) is 36.1 Å². The second-order valence-corrected chi connectivity index (χ2v) is 20.7. The summed E-state index contributed by atoms with van der Waals surface area (Å²) in [5.74, 6) is -0.672. The number of anilines is 1. The minimum Gasteiger partial charge on any atom is -0.462 e. The SMILES string of the molecule is CCCCC/C=C\C=C/[C@@H](O)C/C=C\C/C=C/CCCC(=O)OC[C@H](COP(=O)(O)OP(=O)(O)OC[C@H]1O[C@@H](n2ccc(N)nc2=O)[C@H](O)[C@@H]1O)OC(=O)CCCCCCCCCCCCC(C)C. The number of carbonyl (C=O) groups excluding carboxylic acids is 2. The third-order valence-electron chi connectivity index (χ3n) is 10.9. The van der Waals surface area contributed by atoms with Crippen LogP contribution in [0.2, 0.25) is 0 Å². The zero-order chi connectivity index (χ0) is 50.9. The highest BCUT2D eigenvalue weighted by Crippen LogP contribution is 2.60. The molecule has 0 radical (unpaired) electrons. The first-order valence-electron chi connectivity index (χ1n) is 24.6. The van der Waals surface area contributed by atoms with Crippen molar-refractivity contribution in [3.05, 3.63) is 71.4 Å². The van der Waals surface area contributed by atoms with E-state index in [-0.39, 0.29) is 18.7 Å². The summed E-state index contributed by atoms with van der Waals surface area (Å²) in [7, 11) is -10.9. The molecule has 69 heavy (non-hydrogen) atoms. The van der Waals surface area contributed by atoms with Crippen LogP contribution in [0.25, 0.3) is 0 Å². The number of nitrogens with zero attached hydrogens (tertiary/aromatic N) is 2. The standard InChI is InChI=1S/C48H81N3O16P2/c1-4-5-6-7-13-19-24-29-39(52)30-25-20-15-12-17-21-26-31-43(53)62-35-40(65-44(54)32-27-22-16-11-9-8-10-14-18-23-28-38(2)3)36-63-68(58,59)67-69(60,61)64-37-41-45(55)46(56)47(66-41)51-34-33-42(49)50-48(51)57/h12-13,17,19-20,24-25,29,33-34,38-41,45-47,52,55-56H,4-11,14-16,18,21-23,26-28,30-32,35-37H2,1-3H3,(H,58,59)(H,60,61)(H2,49,50,57)/b17-12+,19-13-,25-20-,29-24-/t39-,40-,41-,45-,46-,47-/m1/s1. The van der Waals surface area contributed by atoms with Crippen LogP contribution in [0, 0.1) is 5.92 Å². The number of carbonyl (C=O) groups is 2. The Kier molecular flexibility index (Phi) is 32.0. The molecule has 394 valence electrons. The molecule has 7 N–H and O–H groups in total. The fourth-order valence-electron chi connectivity index (χ4n) is 7.04. The molecule has 1 aromatic rings. The molecule has 0 saturated carbocycles. The third-order valence-corrected chi connectivity index (χ3v) is 13.5. The number of nitrogen functional groups attached to an aromatic ring is 1. The maximum Gasteiger partial charge on any atom is 0.481 e. The highest BCUT2D eigenvalue weighted by Gasteiger charge is 2.46. The lowest BCUT2D eigenvalue weighted by Crippen LogP contribution is -2.36. The Morgan fingerprint density at radius 3 is 2.13 bits per heavy atom. The summed E-state index contributed by atoms with van der Waals surface area (Å²) in [6, 6.07) is 1.24. The largest absolute Gasteiger partial charge is 0.481 e. The van der Waals surface area contributed by atoms with Crippen LogP contribution in [0.4, 0.5) is 5.82 Å². The van der Waals surface area contributed by atoms with E-state index in [1.807, 2.05) is 36.5 Å². The number of allylic oxidation sites excluding steroid dienone is 6. The van der Waals surface area contributed by atoms with Gasteiger partial charge in [0.25, 0.3) is 0 Å². The Labute approximate surface area is 408 Å². The molecule has 1 saturated heterocycles. The fraction of sp³-hybridized carbons (Fsp3) is 0.708. The van der Waals surface area contributed by atoms with Gasteiger partial charge < -0.3 is 45.1 Å². The van der Waals surface area contributed by atoms with Gasteiger partial charge in [-0.3, -0.25) is 23.2 Å². The number of esters is 2. The number of ether oxygens (including phenoxy) is 3. The van der Waals surface area contributed by atoms with Gasteiger partial charge in [-0.1, -0.05) is 146 Å². The van der Waals surface area contributed by atoms with Gasteiger partial charge in [-0.25, -0.2) is 13.9 Å². The molecule has 0 aromatic carbocycles. The van der Waals surface area contributed by atoms with E-state index in [1.165, 1.54) is 57.4 Å². The quantitative estimate of drug-likeness (QED) is 0.0118. The summed E-state index contributed by atoms with van der Waals surface area (Å²) in [5, 5.41) is 31.0. The predicted molar refractivity (Wildman–Crippen MR) is 262 cm³/mol. The molecule has 0 bridgehead atoms. The average Bonchev–Trinajstić information content (AvgIpc) is 3.57. The fourth-order valence-corrected chi connectivity index (χ4v) is 9.15. The average molecular weight is 1020 g/mol. The molecule has 2 heterocycles. The van der Waals surface area contributed by atoms with Gasteiger partial charge in [-0.05, 0) is 56.9 Å². The number of hydrogen-bond acceptors (Lipinski definition) is 16. The number of nitrogens with two attached hydrogens (primary N) is 1. The van der Waals surface area contributed by atoms with Crippen molar-refractivity contribution in [1.82, 2.24) is 9.55 Å². The molecule has 2 rings (SSSR count). The smallest absolute Gasteiger partial charge is 0.462 e. The number of hydrogen-bond donors (Lipinski definition) is 6. The summed E-state index contributed by atoms with van der Waals surface area (Å²) in [6.07, 6.45) is 26.7. The molecule has 1 aromatic heterocycles. The van der Waals surface area contributed by atoms with Crippen molar-refractivity contribution in [3.63, 3.8) is 0 Å². The van der Waals surface area contributed by atoms with Crippen molar-refractivity contribution in [1.29, 1.82) is 0 Å². The summed E-state index contributed by atoms with van der Waals surface area (Å²) >= 11 is 0. The van der Waals surface area contributed by atoms with E-state index in [1.54, 1.807) is 6.08 Å². The van der Waals surface area contributed by atoms with E-state index < -0.39 is 89.8 Å². The Hall–Kier alpha value is -3.32. The topological polar surface area (TPSA) is 286 Å². The van der Waals surface area contributed by atoms with Crippen molar-refractivity contribution in [2.75, 3.05) is 25.6 Å². The molecule has 8 atom stereocenters. The normalized spacial score (nSPS) is 20.3. The maximum absolute atomic E-state index is 12.8. The summed E-state index contributed by atoms with van der Waals surface area (Å²) < 4.78 is 56.6. The number of aromatic nitrogens is 2. The van der Waals surface area contributed by atoms with E-state index >= 15 is 0 Å². The zero-order valence-electron chi connectivity index (χ0n) is 40.9. The molecule has 2 unspecified atom stereocenters. The van der Waals surface area contributed by atoms with Crippen molar-refractivity contribution >= 4 is 33.4 Å². The Balaban J connectivity index is 1.85. The first-order chi connectivity index (χ1) is 32.9. The van der Waals surface area contributed by atoms with Gasteiger partial charge in [-0.15, -0.1) is 0 Å². The molecular weight excluding hydrogens is 936 g/mol. The van der Waals surface area contributed by atoms with E-state index in [0.29, 0.717) is 32.1 Å². The van der Waals surface area contributed by atoms with Crippen LogP contribution in [0.1, 0.15) is 162 Å². The molecule has 1 aliphatic rings. The number of phosphoric acid groups is 2. The first kappa shape index (κ1) is 61.8. The summed E-state index contributed by atoms with van der Waals surface area (Å²) in [4.78, 5) is 61.8. The Bertz CT molecular complexity index is 1870. The number of unbranched alkanes of at least 4 members (excludes halogenated alkanes) is 13. The lowest BCUT2D eigenvalue weighted by Gasteiger charge is -2.21. The molecule has 1 fully saturated rings. The molecule has 0 aliphatic carbocycles. The van der Waals surface area contributed by atoms with Crippen LogP contribution in [-0.4, -0.2) is 96.9 Å². The van der Waals surface area contributed by atoms with Gasteiger partial charge in [0.05, 0.1) is 19.3 Å². The lowest BCUT2D eigenvalue weighted by atomic mass is 10.0. The third kappa shape index (κ3) is 29.6. The Morgan fingerprint density at radius 1 is 0.812 bits per heavy atom. The van der Waals surface area contributed by atoms with Crippen LogP contribution in [0.3, 0.4) is 0 Å². The minimum atomic E-state index is -5.44. The lowest BCUT2D eigenvalue weighted by molar-refractivity contribution is -0.161. The van der Waals surface area contributed by atoms with Gasteiger partial charge >= 0.3 is 33.3 Å². The van der Waals surface area contributed by atoms with Crippen LogP contribution in [0.5, 0.6) is 0 Å². The van der Waals surface area contributed by atoms with Crippen LogP contribution >= 0.6 is 15.6 Å². The molecule has 21 heteroatoms. The minimum absolute atomic E-state index is 0.0167. The zero-order valence-corrected chi connectivity index (χ0v) is 42.7. The van der Waals surface area contributed by atoms with Gasteiger partial charge in [0.2, 0.25) is 0 Å². The highest BCUT2D eigenvalue weighted by molar-refractivity contribution is 7.61. The van der Waals surface area contributed by atoms with Gasteiger partial charge in [0.1, 0.15) is 30.7 Å². The second kappa shape index (κ2) is 35.7. The van der Waals surface area contributed by atoms with Crippen LogP contribution in [0.15, 0.2) is 65.7 Å². The van der Waals surface area contributed by atoms with E-state index in [9.17, 15) is 48.6 Å².